The molecule has 2 atom stereocenters. The molecule has 1 fully saturated rings. The van der Waals surface area contributed by atoms with Gasteiger partial charge in [0.25, 0.3) is 0 Å². The summed E-state index contributed by atoms with van der Waals surface area (Å²) in [6.45, 7) is 6.26. The standard InChI is InChI=1S/C23H34F3N2O6P/c1-5-32-35(31,33-6-2)20(22(30)34-19-11-13-28(4)14-12-19)15-21(29)27-16(3)17-7-9-18(10-8-17)23(24,25)26/h7-10,16,19-20H,5-6,11-15H2,1-4H3,(H,27,29). The molecule has 2 unspecified atom stereocenters. The summed E-state index contributed by atoms with van der Waals surface area (Å²) in [7, 11) is -2.07. The van der Waals surface area contributed by atoms with Gasteiger partial charge in [0, 0.05) is 13.1 Å². The molecule has 35 heavy (non-hydrogen) atoms. The zero-order chi connectivity index (χ0) is 26.2. The predicted molar refractivity (Wildman–Crippen MR) is 124 cm³/mol. The molecule has 0 spiro atoms. The van der Waals surface area contributed by atoms with Gasteiger partial charge in [0.05, 0.1) is 31.2 Å². The van der Waals surface area contributed by atoms with E-state index in [1.807, 2.05) is 7.05 Å². The van der Waals surface area contributed by atoms with E-state index in [0.29, 0.717) is 18.4 Å². The third-order valence-corrected chi connectivity index (χ3v) is 8.11. The van der Waals surface area contributed by atoms with E-state index in [4.69, 9.17) is 13.8 Å². The number of amides is 1. The Bertz CT molecular complexity index is 878. The van der Waals surface area contributed by atoms with Crippen molar-refractivity contribution in [1.29, 1.82) is 0 Å². The van der Waals surface area contributed by atoms with Crippen molar-refractivity contribution in [2.45, 2.75) is 64.0 Å². The highest BCUT2D eigenvalue weighted by Gasteiger charge is 2.44. The molecule has 12 heteroatoms. The monoisotopic (exact) mass is 522 g/mol. The number of alkyl halides is 3. The molecule has 1 aromatic rings. The molecule has 1 aliphatic heterocycles. The van der Waals surface area contributed by atoms with Crippen molar-refractivity contribution in [2.24, 2.45) is 0 Å². The molecule has 8 nitrogen and oxygen atoms in total. The largest absolute Gasteiger partial charge is 0.462 e. The maximum atomic E-state index is 13.4. The second kappa shape index (κ2) is 12.9. The summed E-state index contributed by atoms with van der Waals surface area (Å²) in [5.41, 5.74) is -1.83. The van der Waals surface area contributed by atoms with Crippen molar-refractivity contribution < 1.29 is 41.1 Å². The van der Waals surface area contributed by atoms with Crippen molar-refractivity contribution in [3.05, 3.63) is 35.4 Å². The highest BCUT2D eigenvalue weighted by Crippen LogP contribution is 2.54. The lowest BCUT2D eigenvalue weighted by atomic mass is 10.1. The number of hydrogen-bond acceptors (Lipinski definition) is 7. The number of rotatable bonds is 11. The van der Waals surface area contributed by atoms with Crippen LogP contribution in [-0.2, 0) is 34.1 Å². The van der Waals surface area contributed by atoms with Crippen molar-refractivity contribution in [1.82, 2.24) is 10.2 Å². The molecule has 1 heterocycles. The number of esters is 1. The highest BCUT2D eigenvalue weighted by molar-refractivity contribution is 7.55. The van der Waals surface area contributed by atoms with Crippen LogP contribution >= 0.6 is 7.60 Å². The van der Waals surface area contributed by atoms with Crippen molar-refractivity contribution >= 4 is 19.5 Å². The first kappa shape index (κ1) is 29.3. The highest BCUT2D eigenvalue weighted by atomic mass is 31.2. The lowest BCUT2D eigenvalue weighted by Gasteiger charge is -2.31. The van der Waals surface area contributed by atoms with E-state index in [1.54, 1.807) is 20.8 Å². The van der Waals surface area contributed by atoms with Crippen LogP contribution in [0.4, 0.5) is 13.2 Å². The first-order chi connectivity index (χ1) is 16.4. The number of ether oxygens (including phenoxy) is 1. The zero-order valence-electron chi connectivity index (χ0n) is 20.5. The van der Waals surface area contributed by atoms with Crippen molar-refractivity contribution in [2.75, 3.05) is 33.4 Å². The molecule has 0 radical (unpaired) electrons. The molecule has 1 amide bonds. The summed E-state index contributed by atoms with van der Waals surface area (Å²) in [6, 6.07) is 3.74. The molecule has 198 valence electrons. The van der Waals surface area contributed by atoms with Gasteiger partial charge in [-0.2, -0.15) is 13.2 Å². The maximum absolute atomic E-state index is 13.4. The lowest BCUT2D eigenvalue weighted by Crippen LogP contribution is -2.39. The van der Waals surface area contributed by atoms with Crippen LogP contribution in [0.25, 0.3) is 0 Å². The maximum Gasteiger partial charge on any atom is 0.416 e. The van der Waals surface area contributed by atoms with Gasteiger partial charge >= 0.3 is 19.7 Å². The summed E-state index contributed by atoms with van der Waals surface area (Å²) in [5.74, 6) is -1.47. The number of benzene rings is 1. The van der Waals surface area contributed by atoms with Gasteiger partial charge in [-0.3, -0.25) is 14.2 Å². The average molecular weight is 523 g/mol. The Labute approximate surface area is 204 Å². The third kappa shape index (κ3) is 8.59. The molecular weight excluding hydrogens is 488 g/mol. The lowest BCUT2D eigenvalue weighted by molar-refractivity contribution is -0.152. The van der Waals surface area contributed by atoms with Crippen LogP contribution in [0.2, 0.25) is 0 Å². The predicted octanol–water partition coefficient (Wildman–Crippen LogP) is 4.54. The van der Waals surface area contributed by atoms with Crippen LogP contribution in [0.1, 0.15) is 57.2 Å². The molecule has 1 N–H and O–H groups in total. The fourth-order valence-electron chi connectivity index (χ4n) is 3.77. The minimum Gasteiger partial charge on any atom is -0.462 e. The average Bonchev–Trinajstić information content (AvgIpc) is 2.78. The summed E-state index contributed by atoms with van der Waals surface area (Å²) in [6.07, 6.45) is -4.13. The van der Waals surface area contributed by atoms with E-state index >= 15 is 0 Å². The Morgan fingerprint density at radius 2 is 1.66 bits per heavy atom. The summed E-state index contributed by atoms with van der Waals surface area (Å²) in [5, 5.41) is 2.64. The topological polar surface area (TPSA) is 94.2 Å². The quantitative estimate of drug-likeness (QED) is 0.337. The number of hydrogen-bond donors (Lipinski definition) is 1. The van der Waals surface area contributed by atoms with Crippen LogP contribution in [0.5, 0.6) is 0 Å². The fourth-order valence-corrected chi connectivity index (χ4v) is 5.63. The second-order valence-corrected chi connectivity index (χ2v) is 10.7. The smallest absolute Gasteiger partial charge is 0.416 e. The van der Waals surface area contributed by atoms with E-state index in [-0.39, 0.29) is 19.3 Å². The summed E-state index contributed by atoms with van der Waals surface area (Å²) in [4.78, 5) is 28.0. The molecule has 1 saturated heterocycles. The van der Waals surface area contributed by atoms with Crippen LogP contribution in [0, 0.1) is 0 Å². The SMILES string of the molecule is CCOP(=O)(OCC)C(CC(=O)NC(C)c1ccc(C(F)(F)F)cc1)C(=O)OC1CCN(C)CC1. The number of carbonyl (C=O) groups excluding carboxylic acids is 2. The van der Waals surface area contributed by atoms with E-state index in [1.165, 1.54) is 12.1 Å². The number of nitrogens with zero attached hydrogens (tertiary/aromatic N) is 1. The zero-order valence-corrected chi connectivity index (χ0v) is 21.4. The number of nitrogens with one attached hydrogen (secondary N) is 1. The van der Waals surface area contributed by atoms with Crippen LogP contribution < -0.4 is 5.32 Å². The number of likely N-dealkylation sites (tertiary alicyclic amines) is 1. The number of piperidine rings is 1. The van der Waals surface area contributed by atoms with Gasteiger partial charge in [-0.15, -0.1) is 0 Å². The number of halogens is 3. The van der Waals surface area contributed by atoms with Crippen molar-refractivity contribution in [3.8, 4) is 0 Å². The van der Waals surface area contributed by atoms with Gasteiger partial charge in [-0.25, -0.2) is 0 Å². The van der Waals surface area contributed by atoms with Gasteiger partial charge in [0.2, 0.25) is 5.91 Å². The molecule has 2 rings (SSSR count). The minimum atomic E-state index is -4.47. The van der Waals surface area contributed by atoms with Gasteiger partial charge in [-0.1, -0.05) is 12.1 Å². The molecule has 1 aromatic carbocycles. The van der Waals surface area contributed by atoms with Crippen LogP contribution in [0.15, 0.2) is 24.3 Å². The van der Waals surface area contributed by atoms with Gasteiger partial charge < -0.3 is 24.0 Å². The Hall–Kier alpha value is -1.94. The van der Waals surface area contributed by atoms with E-state index in [0.717, 1.165) is 25.2 Å². The normalized spacial score (nSPS) is 17.6. The Balaban J connectivity index is 2.14. The van der Waals surface area contributed by atoms with Crippen molar-refractivity contribution in [3.63, 3.8) is 0 Å². The molecule has 0 saturated carbocycles. The Kier molecular flexibility index (Phi) is 10.8. The number of carbonyl (C=O) groups is 2. The summed E-state index contributed by atoms with van der Waals surface area (Å²) < 4.78 is 68.1. The molecule has 0 aliphatic carbocycles. The second-order valence-electron chi connectivity index (χ2n) is 8.44. The van der Waals surface area contributed by atoms with Gasteiger partial charge in [0.15, 0.2) is 5.66 Å². The van der Waals surface area contributed by atoms with E-state index in [2.05, 4.69) is 10.2 Å². The molecular formula is C23H34F3N2O6P. The minimum absolute atomic E-state index is 0.00113. The summed E-state index contributed by atoms with van der Waals surface area (Å²) >= 11 is 0. The molecule has 0 aromatic heterocycles. The van der Waals surface area contributed by atoms with Gasteiger partial charge in [0.1, 0.15) is 6.10 Å². The Morgan fingerprint density at radius 3 is 2.14 bits per heavy atom. The first-order valence-corrected chi connectivity index (χ1v) is 13.2. The van der Waals surface area contributed by atoms with E-state index in [9.17, 15) is 27.3 Å². The fraction of sp³-hybridized carbons (Fsp3) is 0.652. The van der Waals surface area contributed by atoms with Gasteiger partial charge in [-0.05, 0) is 58.4 Å². The van der Waals surface area contributed by atoms with Crippen LogP contribution in [-0.4, -0.2) is 61.9 Å². The van der Waals surface area contributed by atoms with Crippen LogP contribution in [0.3, 0.4) is 0 Å². The molecule has 1 aliphatic rings. The third-order valence-electron chi connectivity index (χ3n) is 5.71. The Morgan fingerprint density at radius 1 is 1.11 bits per heavy atom. The van der Waals surface area contributed by atoms with E-state index < -0.39 is 49.3 Å². The first-order valence-electron chi connectivity index (χ1n) is 11.6. The molecule has 0 bridgehead atoms.